The molecule has 184 valence electrons. The lowest BCUT2D eigenvalue weighted by molar-refractivity contribution is -0.133. The zero-order valence-electron chi connectivity index (χ0n) is 20.2. The van der Waals surface area contributed by atoms with Gasteiger partial charge in [-0.25, -0.2) is 0 Å². The van der Waals surface area contributed by atoms with Crippen LogP contribution in [0.25, 0.3) is 10.9 Å². The second-order valence-electron chi connectivity index (χ2n) is 9.60. The molecule has 1 aromatic heterocycles. The van der Waals surface area contributed by atoms with Gasteiger partial charge in [-0.1, -0.05) is 6.07 Å². The van der Waals surface area contributed by atoms with Crippen molar-refractivity contribution in [1.29, 1.82) is 0 Å². The van der Waals surface area contributed by atoms with E-state index in [9.17, 15) is 14.7 Å². The molecular formula is C26H31N5O4. The monoisotopic (exact) mass is 477 g/mol. The van der Waals surface area contributed by atoms with E-state index >= 15 is 0 Å². The molecule has 2 N–H and O–H groups in total. The number of hydrogen-bond acceptors (Lipinski definition) is 6. The van der Waals surface area contributed by atoms with Crippen molar-refractivity contribution in [3.63, 3.8) is 0 Å². The summed E-state index contributed by atoms with van der Waals surface area (Å²) < 4.78 is 5.84. The predicted octanol–water partition coefficient (Wildman–Crippen LogP) is 2.88. The standard InChI is InChI=1S/C26H31N5O4/c1-29(2)9-10-35-19-7-6-17-14-31(15-18(17)11-19)26(34)21-12-20-22(13-24(21)32)27-28-23(20)16-30-8-4-3-5-25(30)33/h6-7,11-13,32H,3-5,8-10,14-16H2,1-2H3,(H,27,28). The van der Waals surface area contributed by atoms with Crippen molar-refractivity contribution in [3.8, 4) is 11.5 Å². The van der Waals surface area contributed by atoms with Crippen molar-refractivity contribution in [1.82, 2.24) is 24.9 Å². The topological polar surface area (TPSA) is 102 Å². The number of aromatic hydroxyl groups is 1. The van der Waals surface area contributed by atoms with Crippen molar-refractivity contribution >= 4 is 22.7 Å². The molecule has 3 heterocycles. The maximum Gasteiger partial charge on any atom is 0.258 e. The van der Waals surface area contributed by atoms with Gasteiger partial charge >= 0.3 is 0 Å². The molecule has 9 heteroatoms. The Balaban J connectivity index is 1.33. The van der Waals surface area contributed by atoms with E-state index in [1.165, 1.54) is 6.07 Å². The van der Waals surface area contributed by atoms with Gasteiger partial charge in [0.05, 0.1) is 23.3 Å². The molecule has 1 fully saturated rings. The van der Waals surface area contributed by atoms with Crippen LogP contribution < -0.4 is 4.74 Å². The summed E-state index contributed by atoms with van der Waals surface area (Å²) in [5, 5.41) is 18.6. The molecule has 0 saturated carbocycles. The zero-order valence-corrected chi connectivity index (χ0v) is 20.2. The summed E-state index contributed by atoms with van der Waals surface area (Å²) in [7, 11) is 4.00. The van der Waals surface area contributed by atoms with Crippen molar-refractivity contribution in [3.05, 3.63) is 52.7 Å². The van der Waals surface area contributed by atoms with Crippen LogP contribution in [-0.4, -0.2) is 75.6 Å². The average molecular weight is 478 g/mol. The lowest BCUT2D eigenvalue weighted by atomic mass is 10.1. The van der Waals surface area contributed by atoms with Gasteiger partial charge < -0.3 is 24.5 Å². The first-order chi connectivity index (χ1) is 16.9. The van der Waals surface area contributed by atoms with Gasteiger partial charge in [-0.15, -0.1) is 0 Å². The number of carbonyl (C=O) groups excluding carboxylic acids is 2. The van der Waals surface area contributed by atoms with Crippen molar-refractivity contribution in [2.75, 3.05) is 33.8 Å². The molecule has 2 aliphatic heterocycles. The molecule has 3 aromatic rings. The minimum Gasteiger partial charge on any atom is -0.507 e. The van der Waals surface area contributed by atoms with E-state index in [1.807, 2.05) is 37.2 Å². The molecule has 0 aliphatic carbocycles. The largest absolute Gasteiger partial charge is 0.507 e. The van der Waals surface area contributed by atoms with Gasteiger partial charge in [-0.05, 0) is 56.3 Å². The smallest absolute Gasteiger partial charge is 0.258 e. The Bertz CT molecular complexity index is 1270. The summed E-state index contributed by atoms with van der Waals surface area (Å²) in [5.74, 6) is 0.587. The Labute approximate surface area is 204 Å². The Kier molecular flexibility index (Phi) is 6.34. The van der Waals surface area contributed by atoms with Crippen LogP contribution in [0.15, 0.2) is 30.3 Å². The third-order valence-corrected chi connectivity index (χ3v) is 6.75. The summed E-state index contributed by atoms with van der Waals surface area (Å²) in [5.41, 5.74) is 3.71. The van der Waals surface area contributed by atoms with Gasteiger partial charge in [0, 0.05) is 44.1 Å². The fourth-order valence-corrected chi connectivity index (χ4v) is 4.73. The van der Waals surface area contributed by atoms with E-state index in [4.69, 9.17) is 4.74 Å². The molecule has 5 rings (SSSR count). The minimum absolute atomic E-state index is 0.0988. The SMILES string of the molecule is CN(C)CCOc1ccc2c(c1)CN(C(=O)c1cc3c(CN4CCCCC4=O)[nH]nc3cc1O)C2. The molecule has 9 nitrogen and oxygen atoms in total. The minimum atomic E-state index is -0.239. The number of carbonyl (C=O) groups is 2. The first-order valence-electron chi connectivity index (χ1n) is 12.1. The van der Waals surface area contributed by atoms with Crippen LogP contribution in [0.4, 0.5) is 0 Å². The number of phenolic OH excluding ortho intramolecular Hbond substituents is 1. The number of benzene rings is 2. The summed E-state index contributed by atoms with van der Waals surface area (Å²) >= 11 is 0. The van der Waals surface area contributed by atoms with Gasteiger partial charge in [0.15, 0.2) is 0 Å². The van der Waals surface area contributed by atoms with Gasteiger partial charge in [0.2, 0.25) is 5.91 Å². The predicted molar refractivity (Wildman–Crippen MR) is 131 cm³/mol. The lowest BCUT2D eigenvalue weighted by Crippen LogP contribution is -2.34. The number of fused-ring (bicyclic) bond motifs is 2. The van der Waals surface area contributed by atoms with Crippen LogP contribution in [-0.2, 0) is 24.4 Å². The molecule has 0 radical (unpaired) electrons. The Hall–Kier alpha value is -3.59. The number of ether oxygens (including phenoxy) is 1. The number of likely N-dealkylation sites (N-methyl/N-ethyl adjacent to an activating group) is 1. The Morgan fingerprint density at radius 3 is 2.80 bits per heavy atom. The molecule has 1 saturated heterocycles. The van der Waals surface area contributed by atoms with Gasteiger partial charge in [0.25, 0.3) is 5.91 Å². The van der Waals surface area contributed by atoms with Crippen LogP contribution in [0.5, 0.6) is 11.5 Å². The summed E-state index contributed by atoms with van der Waals surface area (Å²) in [6.07, 6.45) is 2.47. The molecular weight excluding hydrogens is 446 g/mol. The van der Waals surface area contributed by atoms with Gasteiger partial charge in [0.1, 0.15) is 18.1 Å². The number of aromatic amines is 1. The number of hydrogen-bond donors (Lipinski definition) is 2. The third kappa shape index (κ3) is 4.81. The quantitative estimate of drug-likeness (QED) is 0.543. The van der Waals surface area contributed by atoms with Crippen LogP contribution in [0.3, 0.4) is 0 Å². The molecule has 35 heavy (non-hydrogen) atoms. The van der Waals surface area contributed by atoms with E-state index in [-0.39, 0.29) is 23.1 Å². The highest BCUT2D eigenvalue weighted by Crippen LogP contribution is 2.32. The number of likely N-dealkylation sites (tertiary alicyclic amines) is 1. The maximum atomic E-state index is 13.4. The van der Waals surface area contributed by atoms with Crippen LogP contribution >= 0.6 is 0 Å². The number of piperidine rings is 1. The number of nitrogens with one attached hydrogen (secondary N) is 1. The summed E-state index contributed by atoms with van der Waals surface area (Å²) in [6, 6.07) is 9.14. The molecule has 2 aromatic carbocycles. The number of H-pyrrole nitrogens is 1. The van der Waals surface area contributed by atoms with Gasteiger partial charge in [-0.3, -0.25) is 14.7 Å². The number of aromatic nitrogens is 2. The van der Waals surface area contributed by atoms with Crippen LogP contribution in [0.2, 0.25) is 0 Å². The van der Waals surface area contributed by atoms with E-state index < -0.39 is 0 Å². The molecule has 0 bridgehead atoms. The average Bonchev–Trinajstić information content (AvgIpc) is 3.43. The highest BCUT2D eigenvalue weighted by molar-refractivity contribution is 6.01. The fourth-order valence-electron chi connectivity index (χ4n) is 4.73. The first kappa shape index (κ1) is 23.2. The zero-order chi connectivity index (χ0) is 24.5. The van der Waals surface area contributed by atoms with E-state index in [0.717, 1.165) is 53.9 Å². The second kappa shape index (κ2) is 9.58. The molecule has 2 amide bonds. The van der Waals surface area contributed by atoms with E-state index in [2.05, 4.69) is 15.1 Å². The normalized spacial score (nSPS) is 15.8. The maximum absolute atomic E-state index is 13.4. The van der Waals surface area contributed by atoms with Crippen molar-refractivity contribution in [2.45, 2.75) is 38.9 Å². The number of phenols is 1. The molecule has 0 atom stereocenters. The lowest BCUT2D eigenvalue weighted by Gasteiger charge is -2.26. The third-order valence-electron chi connectivity index (χ3n) is 6.75. The van der Waals surface area contributed by atoms with Crippen LogP contribution in [0.1, 0.15) is 46.4 Å². The summed E-state index contributed by atoms with van der Waals surface area (Å²) in [6.45, 7) is 3.49. The van der Waals surface area contributed by atoms with Crippen molar-refractivity contribution in [2.24, 2.45) is 0 Å². The number of amides is 2. The van der Waals surface area contributed by atoms with E-state index in [0.29, 0.717) is 38.2 Å². The van der Waals surface area contributed by atoms with Crippen LogP contribution in [0, 0.1) is 0 Å². The Morgan fingerprint density at radius 2 is 2.00 bits per heavy atom. The van der Waals surface area contributed by atoms with E-state index in [1.54, 1.807) is 11.0 Å². The Morgan fingerprint density at radius 1 is 1.17 bits per heavy atom. The highest BCUT2D eigenvalue weighted by atomic mass is 16.5. The number of nitrogens with zero attached hydrogens (tertiary/aromatic N) is 4. The molecule has 0 spiro atoms. The first-order valence-corrected chi connectivity index (χ1v) is 12.1. The van der Waals surface area contributed by atoms with Crippen molar-refractivity contribution < 1.29 is 19.4 Å². The number of rotatable bonds is 7. The fraction of sp³-hybridized carbons (Fsp3) is 0.423. The molecule has 2 aliphatic rings. The second-order valence-corrected chi connectivity index (χ2v) is 9.60. The highest BCUT2D eigenvalue weighted by Gasteiger charge is 2.28. The molecule has 0 unspecified atom stereocenters. The van der Waals surface area contributed by atoms with Gasteiger partial charge in [-0.2, -0.15) is 5.10 Å². The summed E-state index contributed by atoms with van der Waals surface area (Å²) in [4.78, 5) is 31.3.